The van der Waals surface area contributed by atoms with Gasteiger partial charge in [-0.3, -0.25) is 14.2 Å². The summed E-state index contributed by atoms with van der Waals surface area (Å²) in [5, 5.41) is 2.51. The molecule has 2 heterocycles. The third-order valence-electron chi connectivity index (χ3n) is 4.79. The summed E-state index contributed by atoms with van der Waals surface area (Å²) in [6, 6.07) is 11.9. The van der Waals surface area contributed by atoms with Crippen molar-refractivity contribution in [2.24, 2.45) is 0 Å². The molecular weight excluding hydrogens is 390 g/mol. The van der Waals surface area contributed by atoms with Crippen molar-refractivity contribution in [1.29, 1.82) is 0 Å². The average Bonchev–Trinajstić information content (AvgIpc) is 3.19. The zero-order valence-electron chi connectivity index (χ0n) is 16.4. The van der Waals surface area contributed by atoms with Gasteiger partial charge < -0.3 is 4.90 Å². The van der Waals surface area contributed by atoms with Gasteiger partial charge in [-0.05, 0) is 37.3 Å². The lowest BCUT2D eigenvalue weighted by Crippen LogP contribution is -2.32. The van der Waals surface area contributed by atoms with Crippen LogP contribution in [0.25, 0.3) is 10.2 Å². The molecular formula is C21H25N3O2S2. The Morgan fingerprint density at radius 2 is 2.00 bits per heavy atom. The van der Waals surface area contributed by atoms with Crippen LogP contribution >= 0.6 is 23.1 Å². The SMILES string of the molecule is CC[C@@H](C)n1c(SCC(=O)N(CC)Cc2ccccc2)nc2ccsc2c1=O. The highest BCUT2D eigenvalue weighted by atomic mass is 32.2. The van der Waals surface area contributed by atoms with Crippen LogP contribution < -0.4 is 5.56 Å². The number of amides is 1. The quantitative estimate of drug-likeness (QED) is 0.399. The molecule has 0 aliphatic carbocycles. The zero-order valence-corrected chi connectivity index (χ0v) is 18.1. The van der Waals surface area contributed by atoms with Crippen LogP contribution in [0.4, 0.5) is 0 Å². The molecule has 3 aromatic rings. The number of benzene rings is 1. The van der Waals surface area contributed by atoms with E-state index in [-0.39, 0.29) is 23.3 Å². The summed E-state index contributed by atoms with van der Waals surface area (Å²) in [7, 11) is 0. The molecule has 0 unspecified atom stereocenters. The maximum atomic E-state index is 12.9. The number of carbonyl (C=O) groups excluding carboxylic acids is 1. The molecule has 0 N–H and O–H groups in total. The Hall–Kier alpha value is -2.12. The van der Waals surface area contributed by atoms with Crippen LogP contribution in [-0.2, 0) is 11.3 Å². The third-order valence-corrected chi connectivity index (χ3v) is 6.62. The van der Waals surface area contributed by atoms with E-state index in [4.69, 9.17) is 0 Å². The summed E-state index contributed by atoms with van der Waals surface area (Å²) in [6.45, 7) is 7.28. The molecule has 3 rings (SSSR count). The number of carbonyl (C=O) groups is 1. The fourth-order valence-corrected chi connectivity index (χ4v) is 4.74. The minimum absolute atomic E-state index is 0.0130. The molecule has 2 aromatic heterocycles. The number of aromatic nitrogens is 2. The number of nitrogens with zero attached hydrogens (tertiary/aromatic N) is 3. The maximum absolute atomic E-state index is 12.9. The lowest BCUT2D eigenvalue weighted by atomic mass is 10.2. The van der Waals surface area contributed by atoms with Gasteiger partial charge in [0.25, 0.3) is 5.56 Å². The van der Waals surface area contributed by atoms with Gasteiger partial charge in [-0.1, -0.05) is 49.0 Å². The van der Waals surface area contributed by atoms with Gasteiger partial charge in [0.05, 0.1) is 11.3 Å². The molecule has 0 bridgehead atoms. The predicted octanol–water partition coefficient (Wildman–Crippen LogP) is 4.57. The first-order chi connectivity index (χ1) is 13.5. The van der Waals surface area contributed by atoms with Gasteiger partial charge in [0, 0.05) is 19.1 Å². The molecule has 0 radical (unpaired) electrons. The Labute approximate surface area is 173 Å². The van der Waals surface area contributed by atoms with Crippen LogP contribution in [0.2, 0.25) is 0 Å². The second kappa shape index (κ2) is 9.39. The highest BCUT2D eigenvalue weighted by Gasteiger charge is 2.19. The maximum Gasteiger partial charge on any atom is 0.272 e. The summed E-state index contributed by atoms with van der Waals surface area (Å²) >= 11 is 2.77. The number of fused-ring (bicyclic) bond motifs is 1. The van der Waals surface area contributed by atoms with Gasteiger partial charge in [-0.15, -0.1) is 11.3 Å². The molecule has 0 saturated carbocycles. The highest BCUT2D eigenvalue weighted by Crippen LogP contribution is 2.24. The van der Waals surface area contributed by atoms with Crippen molar-refractivity contribution < 1.29 is 4.79 Å². The van der Waals surface area contributed by atoms with Crippen molar-refractivity contribution in [3.05, 3.63) is 57.7 Å². The number of rotatable bonds is 8. The Balaban J connectivity index is 1.80. The molecule has 1 atom stereocenters. The number of hydrogen-bond donors (Lipinski definition) is 0. The van der Waals surface area contributed by atoms with Crippen LogP contribution in [0.5, 0.6) is 0 Å². The lowest BCUT2D eigenvalue weighted by molar-refractivity contribution is -0.128. The standard InChI is InChI=1S/C21H25N3O2S2/c1-4-15(3)24-20(26)19-17(11-12-27-19)22-21(24)28-14-18(25)23(5-2)13-16-9-7-6-8-10-16/h6-12,15H,4-5,13-14H2,1-3H3/t15-/m1/s1. The van der Waals surface area contributed by atoms with Gasteiger partial charge >= 0.3 is 0 Å². The molecule has 1 amide bonds. The van der Waals surface area contributed by atoms with Crippen molar-refractivity contribution in [3.8, 4) is 0 Å². The van der Waals surface area contributed by atoms with Gasteiger partial charge in [0.15, 0.2) is 5.16 Å². The summed E-state index contributed by atoms with van der Waals surface area (Å²) in [5.41, 5.74) is 1.80. The average molecular weight is 416 g/mol. The first-order valence-electron chi connectivity index (χ1n) is 9.49. The second-order valence-electron chi connectivity index (χ2n) is 6.64. The molecule has 0 aliphatic heterocycles. The molecule has 148 valence electrons. The van der Waals surface area contributed by atoms with Crippen molar-refractivity contribution in [1.82, 2.24) is 14.5 Å². The van der Waals surface area contributed by atoms with E-state index in [1.165, 1.54) is 23.1 Å². The monoisotopic (exact) mass is 415 g/mol. The zero-order chi connectivity index (χ0) is 20.1. The summed E-state index contributed by atoms with van der Waals surface area (Å²) in [6.07, 6.45) is 0.828. The smallest absolute Gasteiger partial charge is 0.272 e. The fraction of sp³-hybridized carbons (Fsp3) is 0.381. The topological polar surface area (TPSA) is 55.2 Å². The van der Waals surface area contributed by atoms with Crippen LogP contribution in [0.3, 0.4) is 0 Å². The predicted molar refractivity (Wildman–Crippen MR) is 117 cm³/mol. The van der Waals surface area contributed by atoms with Crippen molar-refractivity contribution in [2.75, 3.05) is 12.3 Å². The molecule has 0 aliphatic rings. The van der Waals surface area contributed by atoms with Crippen LogP contribution in [0.15, 0.2) is 51.7 Å². The van der Waals surface area contributed by atoms with Crippen LogP contribution in [0.1, 0.15) is 38.8 Å². The summed E-state index contributed by atoms with van der Waals surface area (Å²) < 4.78 is 2.42. The normalized spacial score (nSPS) is 12.2. The van der Waals surface area contributed by atoms with E-state index in [0.29, 0.717) is 28.5 Å². The Kier molecular flexibility index (Phi) is 6.91. The van der Waals surface area contributed by atoms with E-state index in [2.05, 4.69) is 4.98 Å². The van der Waals surface area contributed by atoms with E-state index in [9.17, 15) is 9.59 Å². The molecule has 7 heteroatoms. The number of thiophene rings is 1. The molecule has 0 spiro atoms. The van der Waals surface area contributed by atoms with E-state index in [1.54, 1.807) is 4.57 Å². The second-order valence-corrected chi connectivity index (χ2v) is 8.50. The highest BCUT2D eigenvalue weighted by molar-refractivity contribution is 7.99. The van der Waals surface area contributed by atoms with E-state index in [0.717, 1.165) is 12.0 Å². The van der Waals surface area contributed by atoms with E-state index < -0.39 is 0 Å². The van der Waals surface area contributed by atoms with Gasteiger partial charge in [-0.2, -0.15) is 0 Å². The lowest BCUT2D eigenvalue weighted by Gasteiger charge is -2.22. The van der Waals surface area contributed by atoms with Gasteiger partial charge in [0.2, 0.25) is 5.91 Å². The first kappa shape index (κ1) is 20.6. The summed E-state index contributed by atoms with van der Waals surface area (Å²) in [4.78, 5) is 32.2. The van der Waals surface area contributed by atoms with Crippen LogP contribution in [0, 0.1) is 0 Å². The fourth-order valence-electron chi connectivity index (χ4n) is 2.97. The summed E-state index contributed by atoms with van der Waals surface area (Å²) in [5.74, 6) is 0.311. The Bertz CT molecular complexity index is 998. The largest absolute Gasteiger partial charge is 0.338 e. The Morgan fingerprint density at radius 3 is 2.68 bits per heavy atom. The third kappa shape index (κ3) is 4.47. The van der Waals surface area contributed by atoms with Crippen molar-refractivity contribution in [3.63, 3.8) is 0 Å². The van der Waals surface area contributed by atoms with E-state index >= 15 is 0 Å². The number of thioether (sulfide) groups is 1. The van der Waals surface area contributed by atoms with Crippen LogP contribution in [-0.4, -0.2) is 32.7 Å². The molecule has 1 aromatic carbocycles. The Morgan fingerprint density at radius 1 is 1.25 bits per heavy atom. The minimum Gasteiger partial charge on any atom is -0.338 e. The van der Waals surface area contributed by atoms with E-state index in [1.807, 2.05) is 67.4 Å². The van der Waals surface area contributed by atoms with Crippen molar-refractivity contribution >= 4 is 39.2 Å². The molecule has 0 saturated heterocycles. The minimum atomic E-state index is -0.0130. The van der Waals surface area contributed by atoms with Crippen molar-refractivity contribution in [2.45, 2.75) is 44.9 Å². The molecule has 28 heavy (non-hydrogen) atoms. The van der Waals surface area contributed by atoms with Gasteiger partial charge in [0.1, 0.15) is 4.70 Å². The van der Waals surface area contributed by atoms with Gasteiger partial charge in [-0.25, -0.2) is 4.98 Å². The molecule has 5 nitrogen and oxygen atoms in total. The number of hydrogen-bond acceptors (Lipinski definition) is 5. The first-order valence-corrected chi connectivity index (χ1v) is 11.4. The molecule has 0 fully saturated rings.